The van der Waals surface area contributed by atoms with Gasteiger partial charge in [0.25, 0.3) is 5.91 Å². The molecule has 4 rings (SSSR count). The van der Waals surface area contributed by atoms with Crippen molar-refractivity contribution in [3.63, 3.8) is 0 Å². The highest BCUT2D eigenvalue weighted by Gasteiger charge is 2.22. The molecule has 8 heteroatoms. The van der Waals surface area contributed by atoms with Crippen molar-refractivity contribution in [2.24, 2.45) is 0 Å². The van der Waals surface area contributed by atoms with Crippen molar-refractivity contribution in [2.45, 2.75) is 25.7 Å². The van der Waals surface area contributed by atoms with Crippen LogP contribution in [0.5, 0.6) is 0 Å². The summed E-state index contributed by atoms with van der Waals surface area (Å²) in [7, 11) is 4.03. The van der Waals surface area contributed by atoms with Crippen LogP contribution in [0.4, 0.5) is 0 Å². The van der Waals surface area contributed by atoms with E-state index in [1.807, 2.05) is 14.1 Å². The minimum atomic E-state index is -0.225. The Kier molecular flexibility index (Phi) is 3.93. The molecule has 0 spiro atoms. The van der Waals surface area contributed by atoms with Crippen molar-refractivity contribution < 1.29 is 4.79 Å². The minimum Gasteiger partial charge on any atom is -0.349 e. The van der Waals surface area contributed by atoms with Crippen LogP contribution in [0, 0.1) is 0 Å². The number of amides is 1. The van der Waals surface area contributed by atoms with E-state index in [1.165, 1.54) is 16.9 Å². The van der Waals surface area contributed by atoms with Crippen molar-refractivity contribution in [3.05, 3.63) is 22.6 Å². The lowest BCUT2D eigenvalue weighted by atomic mass is 10.2. The first kappa shape index (κ1) is 15.5. The molecule has 24 heavy (non-hydrogen) atoms. The SMILES string of the molecule is CN(C)CCCNC(=O)c1nc2c3c4c(sc3ncn2n1)CCC4. The highest BCUT2D eigenvalue weighted by Crippen LogP contribution is 2.37. The predicted octanol–water partition coefficient (Wildman–Crippen LogP) is 1.51. The number of nitrogens with zero attached hydrogens (tertiary/aromatic N) is 5. The van der Waals surface area contributed by atoms with Crippen molar-refractivity contribution in [2.75, 3.05) is 27.2 Å². The van der Waals surface area contributed by atoms with Crippen LogP contribution in [0.2, 0.25) is 0 Å². The van der Waals surface area contributed by atoms with Gasteiger partial charge in [0.15, 0.2) is 5.65 Å². The first-order valence-electron chi connectivity index (χ1n) is 8.22. The molecule has 1 N–H and O–H groups in total. The van der Waals surface area contributed by atoms with Crippen LogP contribution < -0.4 is 5.32 Å². The van der Waals surface area contributed by atoms with Crippen molar-refractivity contribution in [1.29, 1.82) is 0 Å². The summed E-state index contributed by atoms with van der Waals surface area (Å²) in [6.07, 6.45) is 5.92. The summed E-state index contributed by atoms with van der Waals surface area (Å²) >= 11 is 1.74. The smallest absolute Gasteiger partial charge is 0.290 e. The number of aromatic nitrogens is 4. The van der Waals surface area contributed by atoms with Crippen molar-refractivity contribution in [3.8, 4) is 0 Å². The Morgan fingerprint density at radius 2 is 2.29 bits per heavy atom. The van der Waals surface area contributed by atoms with Gasteiger partial charge in [-0.05, 0) is 51.9 Å². The second-order valence-corrected chi connectivity index (χ2v) is 7.48. The van der Waals surface area contributed by atoms with E-state index in [-0.39, 0.29) is 11.7 Å². The number of hydrogen-bond donors (Lipinski definition) is 1. The third-order valence-corrected chi connectivity index (χ3v) is 5.51. The standard InChI is InChI=1S/C16H20N6OS/c1-21(2)8-4-7-17-15(23)13-19-14-12-10-5-3-6-11(10)24-16(12)18-9-22(14)20-13/h9H,3-8H2,1-2H3,(H,17,23). The minimum absolute atomic E-state index is 0.215. The molecule has 0 atom stereocenters. The van der Waals surface area contributed by atoms with Gasteiger partial charge in [0.1, 0.15) is 11.2 Å². The molecule has 3 aromatic heterocycles. The van der Waals surface area contributed by atoms with Gasteiger partial charge < -0.3 is 10.2 Å². The van der Waals surface area contributed by atoms with Gasteiger partial charge in [0.2, 0.25) is 5.82 Å². The summed E-state index contributed by atoms with van der Waals surface area (Å²) < 4.78 is 1.63. The second kappa shape index (κ2) is 6.10. The molecule has 7 nitrogen and oxygen atoms in total. The molecule has 0 saturated carbocycles. The number of rotatable bonds is 5. The first-order valence-corrected chi connectivity index (χ1v) is 9.03. The van der Waals surface area contributed by atoms with Crippen LogP contribution in [-0.2, 0) is 12.8 Å². The average molecular weight is 344 g/mol. The van der Waals surface area contributed by atoms with Gasteiger partial charge in [-0.25, -0.2) is 14.5 Å². The normalized spacial score (nSPS) is 14.0. The maximum absolute atomic E-state index is 12.3. The summed E-state index contributed by atoms with van der Waals surface area (Å²) in [5.74, 6) is -0.00965. The number of fused-ring (bicyclic) bond motifs is 5. The molecule has 0 aromatic carbocycles. The van der Waals surface area contributed by atoms with Gasteiger partial charge in [-0.15, -0.1) is 16.4 Å². The van der Waals surface area contributed by atoms with Gasteiger partial charge in [-0.2, -0.15) is 0 Å². The molecule has 0 fully saturated rings. The van der Waals surface area contributed by atoms with Gasteiger partial charge in [0.05, 0.1) is 5.39 Å². The Labute approximate surface area is 143 Å². The molecular weight excluding hydrogens is 324 g/mol. The van der Waals surface area contributed by atoms with E-state index in [4.69, 9.17) is 0 Å². The summed E-state index contributed by atoms with van der Waals surface area (Å²) in [5, 5.41) is 8.27. The number of thiophene rings is 1. The predicted molar refractivity (Wildman–Crippen MR) is 93.7 cm³/mol. The molecule has 126 valence electrons. The van der Waals surface area contributed by atoms with Crippen LogP contribution in [0.1, 0.15) is 33.9 Å². The topological polar surface area (TPSA) is 75.4 Å². The zero-order valence-electron chi connectivity index (χ0n) is 13.9. The number of aryl methyl sites for hydroxylation is 2. The van der Waals surface area contributed by atoms with Crippen LogP contribution in [0.15, 0.2) is 6.33 Å². The van der Waals surface area contributed by atoms with E-state index in [0.29, 0.717) is 6.54 Å². The Morgan fingerprint density at radius 3 is 3.12 bits per heavy atom. The van der Waals surface area contributed by atoms with Gasteiger partial charge in [-0.3, -0.25) is 4.79 Å². The Hall–Kier alpha value is -2.06. The largest absolute Gasteiger partial charge is 0.349 e. The third kappa shape index (κ3) is 2.65. The van der Waals surface area contributed by atoms with E-state index in [1.54, 1.807) is 22.2 Å². The van der Waals surface area contributed by atoms with E-state index >= 15 is 0 Å². The van der Waals surface area contributed by atoms with Crippen molar-refractivity contribution in [1.82, 2.24) is 29.8 Å². The fourth-order valence-electron chi connectivity index (χ4n) is 3.17. The Bertz CT molecular complexity index is 912. The average Bonchev–Trinajstić information content (AvgIpc) is 3.22. The summed E-state index contributed by atoms with van der Waals surface area (Å²) in [4.78, 5) is 25.8. The van der Waals surface area contributed by atoms with E-state index < -0.39 is 0 Å². The number of hydrogen-bond acceptors (Lipinski definition) is 6. The summed E-state index contributed by atoms with van der Waals surface area (Å²) in [5.41, 5.74) is 2.09. The Balaban J connectivity index is 1.61. The maximum atomic E-state index is 12.3. The van der Waals surface area contributed by atoms with Gasteiger partial charge in [0, 0.05) is 11.4 Å². The van der Waals surface area contributed by atoms with E-state index in [2.05, 4.69) is 25.3 Å². The summed E-state index contributed by atoms with van der Waals surface area (Å²) in [6.45, 7) is 1.55. The monoisotopic (exact) mass is 344 g/mol. The molecule has 1 aliphatic carbocycles. The molecular formula is C16H20N6OS. The molecule has 1 amide bonds. The van der Waals surface area contributed by atoms with Crippen LogP contribution >= 0.6 is 11.3 Å². The highest BCUT2D eigenvalue weighted by atomic mass is 32.1. The number of carbonyl (C=O) groups is 1. The maximum Gasteiger partial charge on any atom is 0.290 e. The Morgan fingerprint density at radius 1 is 1.42 bits per heavy atom. The molecule has 0 bridgehead atoms. The highest BCUT2D eigenvalue weighted by molar-refractivity contribution is 7.19. The van der Waals surface area contributed by atoms with Crippen molar-refractivity contribution >= 4 is 33.1 Å². The zero-order chi connectivity index (χ0) is 16.7. The third-order valence-electron chi connectivity index (χ3n) is 4.31. The first-order chi connectivity index (χ1) is 11.6. The van der Waals surface area contributed by atoms with Gasteiger partial charge in [-0.1, -0.05) is 0 Å². The lowest BCUT2D eigenvalue weighted by Crippen LogP contribution is -2.28. The van der Waals surface area contributed by atoms with E-state index in [0.717, 1.165) is 41.7 Å². The number of carbonyl (C=O) groups excluding carboxylic acids is 1. The van der Waals surface area contributed by atoms with Crippen LogP contribution in [0.25, 0.3) is 15.9 Å². The molecule has 0 unspecified atom stereocenters. The number of nitrogens with one attached hydrogen (secondary N) is 1. The molecule has 3 heterocycles. The second-order valence-electron chi connectivity index (χ2n) is 6.40. The fraction of sp³-hybridized carbons (Fsp3) is 0.500. The summed E-state index contributed by atoms with van der Waals surface area (Å²) in [6, 6.07) is 0. The molecule has 0 radical (unpaired) electrons. The molecule has 1 aliphatic rings. The van der Waals surface area contributed by atoms with Crippen LogP contribution in [-0.4, -0.2) is 57.6 Å². The lowest BCUT2D eigenvalue weighted by Gasteiger charge is -2.08. The van der Waals surface area contributed by atoms with E-state index in [9.17, 15) is 4.79 Å². The molecule has 0 aliphatic heterocycles. The fourth-order valence-corrected chi connectivity index (χ4v) is 4.39. The lowest BCUT2D eigenvalue weighted by molar-refractivity contribution is 0.0942. The molecule has 3 aromatic rings. The zero-order valence-corrected chi connectivity index (χ0v) is 14.7. The van der Waals surface area contributed by atoms with Crippen LogP contribution in [0.3, 0.4) is 0 Å². The molecule has 0 saturated heterocycles. The van der Waals surface area contributed by atoms with Gasteiger partial charge >= 0.3 is 0 Å². The quantitative estimate of drug-likeness (QED) is 0.710.